The fourth-order valence-electron chi connectivity index (χ4n) is 1.64. The van der Waals surface area contributed by atoms with Gasteiger partial charge in [0, 0.05) is 37.1 Å². The third-order valence-corrected chi connectivity index (χ3v) is 2.55. The maximum atomic E-state index is 8.44. The largest absolute Gasteiger partial charge is 0.337 e. The van der Waals surface area contributed by atoms with Crippen molar-refractivity contribution in [3.8, 4) is 17.3 Å². The Balaban J connectivity index is 1.95. The maximum absolute atomic E-state index is 8.44. The van der Waals surface area contributed by atoms with Gasteiger partial charge in [0.25, 0.3) is 0 Å². The van der Waals surface area contributed by atoms with Gasteiger partial charge in [0.1, 0.15) is 0 Å². The minimum Gasteiger partial charge on any atom is -0.337 e. The van der Waals surface area contributed by atoms with Gasteiger partial charge in [-0.25, -0.2) is 4.98 Å². The molecule has 0 aliphatic rings. The number of imidazole rings is 1. The molecule has 0 saturated heterocycles. The smallest absolute Gasteiger partial charge is 0.0953 e. The number of nitrogens with zero attached hydrogens (tertiary/aromatic N) is 4. The normalized spacial score (nSPS) is 10.1. The van der Waals surface area contributed by atoms with E-state index in [9.17, 15) is 0 Å². The van der Waals surface area contributed by atoms with Gasteiger partial charge in [0.15, 0.2) is 0 Å². The number of unbranched alkanes of at least 4 members (excludes halogenated alkanes) is 2. The Morgan fingerprint density at radius 1 is 1.35 bits per heavy atom. The number of hydrogen-bond donors (Lipinski definition) is 0. The fraction of sp³-hybridized carbons (Fsp3) is 0.308. The summed E-state index contributed by atoms with van der Waals surface area (Å²) in [4.78, 5) is 8.41. The molecule has 0 aliphatic heterocycles. The van der Waals surface area contributed by atoms with E-state index >= 15 is 0 Å². The molecule has 0 aromatic carbocycles. The lowest BCUT2D eigenvalue weighted by molar-refractivity contribution is 0.616. The van der Waals surface area contributed by atoms with Crippen molar-refractivity contribution in [2.45, 2.75) is 25.8 Å². The van der Waals surface area contributed by atoms with Crippen molar-refractivity contribution in [3.05, 3.63) is 37.1 Å². The van der Waals surface area contributed by atoms with E-state index in [0.717, 1.165) is 30.6 Å². The van der Waals surface area contributed by atoms with Gasteiger partial charge in [-0.15, -0.1) is 0 Å². The molecule has 4 heteroatoms. The standard InChI is InChI=1S/C13H14N4/c14-6-2-1-3-8-17-10-13(16-11-17)12-5-4-7-15-9-12/h4-5,7,9-11H,1-3,8H2. The number of pyridine rings is 1. The first-order valence-corrected chi connectivity index (χ1v) is 5.69. The molecule has 0 spiro atoms. The lowest BCUT2D eigenvalue weighted by atomic mass is 10.2. The van der Waals surface area contributed by atoms with E-state index in [1.807, 2.05) is 30.9 Å². The first-order chi connectivity index (χ1) is 8.40. The lowest BCUT2D eigenvalue weighted by Gasteiger charge is -1.99. The van der Waals surface area contributed by atoms with Crippen LogP contribution in [0.5, 0.6) is 0 Å². The van der Waals surface area contributed by atoms with Crippen LogP contribution in [0.15, 0.2) is 37.1 Å². The van der Waals surface area contributed by atoms with Crippen LogP contribution in [0.1, 0.15) is 19.3 Å². The fourth-order valence-corrected chi connectivity index (χ4v) is 1.64. The maximum Gasteiger partial charge on any atom is 0.0953 e. The first-order valence-electron chi connectivity index (χ1n) is 5.69. The Bertz CT molecular complexity index is 496. The molecule has 2 rings (SSSR count). The molecule has 0 unspecified atom stereocenters. The van der Waals surface area contributed by atoms with Crippen LogP contribution in [0.2, 0.25) is 0 Å². The predicted octanol–water partition coefficient (Wildman–Crippen LogP) is 2.64. The molecular weight excluding hydrogens is 212 g/mol. The van der Waals surface area contributed by atoms with E-state index < -0.39 is 0 Å². The lowest BCUT2D eigenvalue weighted by Crippen LogP contribution is -1.93. The van der Waals surface area contributed by atoms with Crippen LogP contribution in [0.25, 0.3) is 11.3 Å². The van der Waals surface area contributed by atoms with Crippen molar-refractivity contribution in [1.82, 2.24) is 14.5 Å². The second kappa shape index (κ2) is 5.80. The summed E-state index contributed by atoms with van der Waals surface area (Å²) in [6, 6.07) is 6.05. The zero-order valence-corrected chi connectivity index (χ0v) is 9.58. The number of nitriles is 1. The minimum atomic E-state index is 0.629. The van der Waals surface area contributed by atoms with Crippen molar-refractivity contribution >= 4 is 0 Å². The summed E-state index contributed by atoms with van der Waals surface area (Å²) in [5, 5.41) is 8.44. The molecule has 0 saturated carbocycles. The van der Waals surface area contributed by atoms with E-state index in [2.05, 4.69) is 20.6 Å². The van der Waals surface area contributed by atoms with Gasteiger partial charge in [-0.05, 0) is 25.0 Å². The predicted molar refractivity (Wildman–Crippen MR) is 64.9 cm³/mol. The summed E-state index contributed by atoms with van der Waals surface area (Å²) in [5.41, 5.74) is 1.97. The van der Waals surface area contributed by atoms with Gasteiger partial charge < -0.3 is 4.57 Å². The molecule has 2 heterocycles. The van der Waals surface area contributed by atoms with E-state index in [-0.39, 0.29) is 0 Å². The molecule has 4 nitrogen and oxygen atoms in total. The van der Waals surface area contributed by atoms with Crippen molar-refractivity contribution in [2.75, 3.05) is 0 Å². The summed E-state index contributed by atoms with van der Waals surface area (Å²) in [5.74, 6) is 0. The molecule has 2 aromatic rings. The van der Waals surface area contributed by atoms with E-state index in [4.69, 9.17) is 5.26 Å². The topological polar surface area (TPSA) is 54.5 Å². The van der Waals surface area contributed by atoms with Crippen LogP contribution in [0.3, 0.4) is 0 Å². The van der Waals surface area contributed by atoms with Gasteiger partial charge in [0.05, 0.1) is 18.1 Å². The van der Waals surface area contributed by atoms with Crippen LogP contribution in [-0.2, 0) is 6.54 Å². The van der Waals surface area contributed by atoms with E-state index in [1.165, 1.54) is 0 Å². The summed E-state index contributed by atoms with van der Waals surface area (Å²) >= 11 is 0. The number of aromatic nitrogens is 3. The SMILES string of the molecule is N#CCCCCn1cnc(-c2cccnc2)c1. The molecule has 2 aromatic heterocycles. The number of hydrogen-bond acceptors (Lipinski definition) is 3. The Labute approximate surface area is 101 Å². The van der Waals surface area contributed by atoms with Crippen molar-refractivity contribution in [2.24, 2.45) is 0 Å². The van der Waals surface area contributed by atoms with Crippen LogP contribution in [0, 0.1) is 11.3 Å². The van der Waals surface area contributed by atoms with Crippen LogP contribution in [-0.4, -0.2) is 14.5 Å². The summed E-state index contributed by atoms with van der Waals surface area (Å²) in [7, 11) is 0. The Hall–Kier alpha value is -2.15. The van der Waals surface area contributed by atoms with Crippen molar-refractivity contribution in [1.29, 1.82) is 5.26 Å². The van der Waals surface area contributed by atoms with Crippen LogP contribution < -0.4 is 0 Å². The zero-order valence-electron chi connectivity index (χ0n) is 9.58. The molecule has 0 bridgehead atoms. The molecule has 0 amide bonds. The molecule has 17 heavy (non-hydrogen) atoms. The second-order valence-electron chi connectivity index (χ2n) is 3.85. The summed E-state index contributed by atoms with van der Waals surface area (Å²) in [6.07, 6.45) is 9.99. The summed E-state index contributed by atoms with van der Waals surface area (Å²) in [6.45, 7) is 0.912. The highest BCUT2D eigenvalue weighted by molar-refractivity contribution is 5.56. The van der Waals surface area contributed by atoms with Gasteiger partial charge in [-0.2, -0.15) is 5.26 Å². The van der Waals surface area contributed by atoms with Crippen molar-refractivity contribution < 1.29 is 0 Å². The van der Waals surface area contributed by atoms with Crippen molar-refractivity contribution in [3.63, 3.8) is 0 Å². The third-order valence-electron chi connectivity index (χ3n) is 2.55. The monoisotopic (exact) mass is 226 g/mol. The molecule has 0 radical (unpaired) electrons. The number of rotatable bonds is 5. The number of aryl methyl sites for hydroxylation is 1. The Kier molecular flexibility index (Phi) is 3.87. The average molecular weight is 226 g/mol. The average Bonchev–Trinajstić information content (AvgIpc) is 2.85. The molecule has 0 N–H and O–H groups in total. The molecular formula is C13H14N4. The van der Waals surface area contributed by atoms with Gasteiger partial charge in [-0.3, -0.25) is 4.98 Å². The van der Waals surface area contributed by atoms with Gasteiger partial charge in [0.2, 0.25) is 0 Å². The first kappa shape index (κ1) is 11.3. The summed E-state index contributed by atoms with van der Waals surface area (Å²) < 4.78 is 2.06. The molecule has 0 atom stereocenters. The van der Waals surface area contributed by atoms with Gasteiger partial charge in [-0.1, -0.05) is 0 Å². The Morgan fingerprint density at radius 3 is 3.06 bits per heavy atom. The van der Waals surface area contributed by atoms with E-state index in [1.54, 1.807) is 6.20 Å². The second-order valence-corrected chi connectivity index (χ2v) is 3.85. The highest BCUT2D eigenvalue weighted by Gasteiger charge is 2.01. The molecule has 0 aliphatic carbocycles. The molecule has 86 valence electrons. The quantitative estimate of drug-likeness (QED) is 0.736. The van der Waals surface area contributed by atoms with E-state index in [0.29, 0.717) is 6.42 Å². The Morgan fingerprint density at radius 2 is 2.29 bits per heavy atom. The highest BCUT2D eigenvalue weighted by Crippen LogP contribution is 2.15. The molecule has 0 fully saturated rings. The van der Waals surface area contributed by atoms with Crippen LogP contribution >= 0.6 is 0 Å². The highest BCUT2D eigenvalue weighted by atomic mass is 15.0. The van der Waals surface area contributed by atoms with Crippen LogP contribution in [0.4, 0.5) is 0 Å². The van der Waals surface area contributed by atoms with Gasteiger partial charge >= 0.3 is 0 Å². The zero-order chi connectivity index (χ0) is 11.9. The third kappa shape index (κ3) is 3.15. The minimum absolute atomic E-state index is 0.629.